The number of aliphatic hydroxyl groups is 1. The van der Waals surface area contributed by atoms with Gasteiger partial charge in [0.25, 0.3) is 11.8 Å². The minimum Gasteiger partial charge on any atom is -0.484 e. The summed E-state index contributed by atoms with van der Waals surface area (Å²) in [5.41, 5.74) is 2.79. The number of hydrogen-bond acceptors (Lipinski definition) is 6. The number of carbonyl (C=O) groups excluding carboxylic acids is 2. The molecule has 0 radical (unpaired) electrons. The van der Waals surface area contributed by atoms with Gasteiger partial charge in [0.15, 0.2) is 6.61 Å². The Hall–Kier alpha value is -3.00. The fraction of sp³-hybridized carbons (Fsp3) is 0.294. The lowest BCUT2D eigenvalue weighted by Gasteiger charge is -2.24. The zero-order valence-corrected chi connectivity index (χ0v) is 13.6. The van der Waals surface area contributed by atoms with Crippen LogP contribution in [0.15, 0.2) is 53.5 Å². The topological polar surface area (TPSA) is 108 Å². The van der Waals surface area contributed by atoms with Gasteiger partial charge in [0.1, 0.15) is 5.75 Å². The first kappa shape index (κ1) is 18.3. The van der Waals surface area contributed by atoms with Crippen molar-refractivity contribution in [3.8, 4) is 5.75 Å². The summed E-state index contributed by atoms with van der Waals surface area (Å²) < 4.78 is 5.44. The molecule has 1 aliphatic rings. The standard InChI is InChI=1S/C17H19N3O5/c21-11-10-20(14-4-2-1-3-5-14)16(22)12-25-15-8-6-13(7-9-15)17(23)18-19-24/h2,4-9,21H,1,3,10-12H2,(H,18,23,24). The Morgan fingerprint density at radius 1 is 1.24 bits per heavy atom. The Balaban J connectivity index is 1.95. The molecule has 1 aromatic rings. The van der Waals surface area contributed by atoms with Gasteiger partial charge in [-0.15, -0.1) is 4.91 Å². The average molecular weight is 345 g/mol. The molecule has 0 bridgehead atoms. The highest BCUT2D eigenvalue weighted by atomic mass is 16.5. The second-order valence-corrected chi connectivity index (χ2v) is 5.22. The smallest absolute Gasteiger partial charge is 0.273 e. The quantitative estimate of drug-likeness (QED) is 0.549. The maximum Gasteiger partial charge on any atom is 0.273 e. The molecule has 0 saturated heterocycles. The van der Waals surface area contributed by atoms with Crippen LogP contribution in [0.2, 0.25) is 0 Å². The molecular formula is C17H19N3O5. The van der Waals surface area contributed by atoms with E-state index < -0.39 is 5.91 Å². The number of nitroso groups, excluding NO2 is 1. The number of rotatable bonds is 8. The Morgan fingerprint density at radius 2 is 2.00 bits per heavy atom. The molecule has 2 amide bonds. The Morgan fingerprint density at radius 3 is 2.60 bits per heavy atom. The molecule has 0 unspecified atom stereocenters. The summed E-state index contributed by atoms with van der Waals surface area (Å²) >= 11 is 0. The third kappa shape index (κ3) is 5.25. The number of hydrogen-bond donors (Lipinski definition) is 2. The molecule has 0 aliphatic heterocycles. The number of nitrogens with one attached hydrogen (secondary N) is 1. The molecule has 0 atom stereocenters. The van der Waals surface area contributed by atoms with Crippen molar-refractivity contribution >= 4 is 11.8 Å². The van der Waals surface area contributed by atoms with Crippen molar-refractivity contribution in [2.75, 3.05) is 19.8 Å². The molecule has 2 N–H and O–H groups in total. The van der Waals surface area contributed by atoms with E-state index in [1.165, 1.54) is 29.2 Å². The number of aliphatic hydroxyl groups excluding tert-OH is 1. The van der Waals surface area contributed by atoms with Crippen LogP contribution < -0.4 is 10.2 Å². The largest absolute Gasteiger partial charge is 0.484 e. The van der Waals surface area contributed by atoms with E-state index in [0.717, 1.165) is 18.5 Å². The van der Waals surface area contributed by atoms with Crippen molar-refractivity contribution < 1.29 is 19.4 Å². The summed E-state index contributed by atoms with van der Waals surface area (Å²) in [6, 6.07) is 5.95. The van der Waals surface area contributed by atoms with Gasteiger partial charge >= 0.3 is 0 Å². The minimum atomic E-state index is -0.622. The second-order valence-electron chi connectivity index (χ2n) is 5.22. The Kier molecular flexibility index (Phi) is 6.85. The van der Waals surface area contributed by atoms with Crippen LogP contribution in [0.3, 0.4) is 0 Å². The van der Waals surface area contributed by atoms with Crippen molar-refractivity contribution in [2.45, 2.75) is 12.8 Å². The van der Waals surface area contributed by atoms with E-state index in [0.29, 0.717) is 5.75 Å². The molecular weight excluding hydrogens is 326 g/mol. The van der Waals surface area contributed by atoms with Crippen molar-refractivity contribution in [1.82, 2.24) is 10.3 Å². The summed E-state index contributed by atoms with van der Waals surface area (Å²) in [4.78, 5) is 35.3. The first-order chi connectivity index (χ1) is 12.2. The van der Waals surface area contributed by atoms with Gasteiger partial charge < -0.3 is 14.7 Å². The molecule has 0 fully saturated rings. The van der Waals surface area contributed by atoms with Crippen LogP contribution in [0.5, 0.6) is 5.75 Å². The Bertz CT molecular complexity index is 682. The van der Waals surface area contributed by atoms with Crippen LogP contribution in [0.25, 0.3) is 0 Å². The van der Waals surface area contributed by atoms with E-state index in [1.807, 2.05) is 18.2 Å². The van der Waals surface area contributed by atoms with Gasteiger partial charge in [0, 0.05) is 17.8 Å². The lowest BCUT2D eigenvalue weighted by Crippen LogP contribution is -2.36. The first-order valence-corrected chi connectivity index (χ1v) is 7.79. The average Bonchev–Trinajstić information content (AvgIpc) is 2.65. The molecule has 25 heavy (non-hydrogen) atoms. The molecule has 0 spiro atoms. The third-order valence-electron chi connectivity index (χ3n) is 3.54. The Labute approximate surface area is 144 Å². The molecule has 1 aromatic carbocycles. The number of ether oxygens (including phenoxy) is 1. The highest BCUT2D eigenvalue weighted by Gasteiger charge is 2.17. The number of benzene rings is 1. The molecule has 0 saturated carbocycles. The number of amides is 2. The molecule has 1 aliphatic carbocycles. The number of nitrogens with zero attached hydrogens (tertiary/aromatic N) is 2. The van der Waals surface area contributed by atoms with Crippen molar-refractivity contribution in [2.24, 2.45) is 5.29 Å². The summed E-state index contributed by atoms with van der Waals surface area (Å²) in [6.45, 7) is -0.158. The zero-order chi connectivity index (χ0) is 18.1. The molecule has 2 rings (SSSR count). The van der Waals surface area contributed by atoms with Crippen LogP contribution in [0, 0.1) is 4.91 Å². The van der Waals surface area contributed by atoms with Crippen molar-refractivity contribution in [1.29, 1.82) is 0 Å². The van der Waals surface area contributed by atoms with Gasteiger partial charge in [-0.25, -0.2) is 5.43 Å². The van der Waals surface area contributed by atoms with Crippen LogP contribution in [0.1, 0.15) is 23.2 Å². The van der Waals surface area contributed by atoms with E-state index in [2.05, 4.69) is 5.29 Å². The summed E-state index contributed by atoms with van der Waals surface area (Å²) in [5.74, 6) is -0.498. The van der Waals surface area contributed by atoms with E-state index in [4.69, 9.17) is 4.74 Å². The summed E-state index contributed by atoms with van der Waals surface area (Å²) in [6.07, 6.45) is 7.56. The van der Waals surface area contributed by atoms with Crippen molar-refractivity contribution in [3.63, 3.8) is 0 Å². The zero-order valence-electron chi connectivity index (χ0n) is 13.6. The van der Waals surface area contributed by atoms with Gasteiger partial charge in [0.05, 0.1) is 11.9 Å². The SMILES string of the molecule is O=NNC(=O)c1ccc(OCC(=O)N(CCO)C2=CCCC=C2)cc1. The maximum atomic E-state index is 12.4. The number of carbonyl (C=O) groups is 2. The lowest BCUT2D eigenvalue weighted by molar-refractivity contribution is -0.131. The normalized spacial score (nSPS) is 12.9. The molecule has 8 nitrogen and oxygen atoms in total. The lowest BCUT2D eigenvalue weighted by atomic mass is 10.1. The maximum absolute atomic E-state index is 12.4. The van der Waals surface area contributed by atoms with Crippen LogP contribution in [0.4, 0.5) is 0 Å². The van der Waals surface area contributed by atoms with E-state index in [9.17, 15) is 19.6 Å². The predicted molar refractivity (Wildman–Crippen MR) is 90.5 cm³/mol. The van der Waals surface area contributed by atoms with Gasteiger partial charge in [-0.1, -0.05) is 12.2 Å². The molecule has 0 aromatic heterocycles. The molecule has 0 heterocycles. The highest BCUT2D eigenvalue weighted by Crippen LogP contribution is 2.16. The van der Waals surface area contributed by atoms with Crippen LogP contribution in [-0.2, 0) is 4.79 Å². The van der Waals surface area contributed by atoms with Gasteiger partial charge in [-0.05, 0) is 43.2 Å². The first-order valence-electron chi connectivity index (χ1n) is 7.79. The van der Waals surface area contributed by atoms with Gasteiger partial charge in [-0.2, -0.15) is 0 Å². The van der Waals surface area contributed by atoms with Gasteiger partial charge in [-0.3, -0.25) is 9.59 Å². The molecule has 8 heteroatoms. The van der Waals surface area contributed by atoms with Crippen LogP contribution in [-0.4, -0.2) is 41.6 Å². The van der Waals surface area contributed by atoms with E-state index in [-0.39, 0.29) is 31.2 Å². The predicted octanol–water partition coefficient (Wildman–Crippen LogP) is 1.53. The fourth-order valence-corrected chi connectivity index (χ4v) is 2.33. The second kappa shape index (κ2) is 9.33. The van der Waals surface area contributed by atoms with Crippen molar-refractivity contribution in [3.05, 3.63) is 58.7 Å². The highest BCUT2D eigenvalue weighted by molar-refractivity contribution is 5.94. The number of allylic oxidation sites excluding steroid dienone is 3. The fourth-order valence-electron chi connectivity index (χ4n) is 2.33. The van der Waals surface area contributed by atoms with E-state index >= 15 is 0 Å². The van der Waals surface area contributed by atoms with Gasteiger partial charge in [0.2, 0.25) is 0 Å². The monoisotopic (exact) mass is 345 g/mol. The third-order valence-corrected chi connectivity index (χ3v) is 3.54. The van der Waals surface area contributed by atoms with E-state index in [1.54, 1.807) is 5.43 Å². The molecule has 132 valence electrons. The summed E-state index contributed by atoms with van der Waals surface area (Å²) in [7, 11) is 0. The summed E-state index contributed by atoms with van der Waals surface area (Å²) in [5, 5.41) is 11.5. The minimum absolute atomic E-state index is 0.147. The van der Waals surface area contributed by atoms with Crippen LogP contribution >= 0.6 is 0 Å².